The zero-order valence-electron chi connectivity index (χ0n) is 39.4. The van der Waals surface area contributed by atoms with Crippen molar-refractivity contribution in [2.45, 2.75) is 119 Å². The number of esters is 2. The van der Waals surface area contributed by atoms with Gasteiger partial charge in [-0.3, -0.25) is 0 Å². The molecule has 2 aliphatic heterocycles. The third-order valence-corrected chi connectivity index (χ3v) is 18.8. The Morgan fingerprint density at radius 2 is 1.00 bits per heavy atom. The second-order valence-corrected chi connectivity index (χ2v) is 24.0. The second-order valence-electron chi connectivity index (χ2n) is 18.7. The van der Waals surface area contributed by atoms with Crippen LogP contribution in [0.1, 0.15) is 72.2 Å². The number of carbonyl (C=O) groups excluding carboxylic acids is 2. The predicted molar refractivity (Wildman–Crippen MR) is 273 cm³/mol. The minimum absolute atomic E-state index is 0.155. The number of aryl methyl sites for hydroxylation is 4. The standard InChI is InChI=1S/C58H58O6S3/c1-37-29-44(30-38(2)55(37)61-35-53(59)63-57(5,6)7)66-49-25-15-12-19-41(49)33-46-42(20-18-28-50(46)66)34-58(8,43-21-10-9-11-22-43)64-54(60)36-62-56-39(3)31-45(32-40(56)4)67-51-26-16-13-23-47(51)65-48-24-14-17-27-52(48)67/h9-32,66-67H,33-36H2,1-8H3. The van der Waals surface area contributed by atoms with Gasteiger partial charge in [-0.25, -0.2) is 9.59 Å². The van der Waals surface area contributed by atoms with Gasteiger partial charge in [0, 0.05) is 26.0 Å². The first-order chi connectivity index (χ1) is 32.2. The Bertz CT molecular complexity index is 2920. The number of hydrogen-bond acceptors (Lipinski definition) is 7. The fourth-order valence-electron chi connectivity index (χ4n) is 9.49. The van der Waals surface area contributed by atoms with Crippen LogP contribution in [0.4, 0.5) is 0 Å². The molecule has 0 amide bonds. The van der Waals surface area contributed by atoms with Crippen LogP contribution in [0, 0.1) is 27.7 Å². The van der Waals surface area contributed by atoms with E-state index in [-0.39, 0.29) is 13.2 Å². The van der Waals surface area contributed by atoms with E-state index < -0.39 is 44.9 Å². The molecule has 0 saturated carbocycles. The van der Waals surface area contributed by atoms with E-state index in [9.17, 15) is 9.59 Å². The molecule has 0 radical (unpaired) electrons. The Labute approximate surface area is 405 Å². The fraction of sp³-hybridized carbons (Fsp3) is 0.241. The summed E-state index contributed by atoms with van der Waals surface area (Å²) in [6, 6.07) is 51.7. The van der Waals surface area contributed by atoms with Gasteiger partial charge in [-0.2, -0.15) is 21.8 Å². The Balaban J connectivity index is 0.980. The van der Waals surface area contributed by atoms with Gasteiger partial charge in [-0.15, -0.1) is 0 Å². The molecule has 9 rings (SSSR count). The highest BCUT2D eigenvalue weighted by Crippen LogP contribution is 2.62. The molecule has 0 aromatic heterocycles. The topological polar surface area (TPSA) is 71.1 Å². The molecule has 344 valence electrons. The molecule has 0 saturated heterocycles. The molecule has 0 spiro atoms. The Morgan fingerprint density at radius 3 is 1.55 bits per heavy atom. The number of carbonyl (C=O) groups is 2. The first-order valence-corrected chi connectivity index (χ1v) is 26.3. The smallest absolute Gasteiger partial charge is 0.345 e. The summed E-state index contributed by atoms with van der Waals surface area (Å²) in [5.74, 6) is 0.588. The Hall–Kier alpha value is -5.87. The van der Waals surface area contributed by atoms with E-state index in [2.05, 4.69) is 129 Å². The van der Waals surface area contributed by atoms with E-state index >= 15 is 0 Å². The zero-order valence-corrected chi connectivity index (χ0v) is 42.0. The highest BCUT2D eigenvalue weighted by atomic mass is 32.2. The molecule has 6 nitrogen and oxygen atoms in total. The van der Waals surface area contributed by atoms with Gasteiger partial charge in [0.1, 0.15) is 22.7 Å². The molecule has 9 heteroatoms. The van der Waals surface area contributed by atoms with Gasteiger partial charge in [0.05, 0.1) is 0 Å². The second kappa shape index (κ2) is 19.0. The number of hydrogen-bond donors (Lipinski definition) is 2. The van der Waals surface area contributed by atoms with Crippen LogP contribution < -0.4 is 9.47 Å². The summed E-state index contributed by atoms with van der Waals surface area (Å²) in [5.41, 5.74) is 6.94. The van der Waals surface area contributed by atoms with Crippen molar-refractivity contribution in [1.29, 1.82) is 0 Å². The number of benzene rings is 7. The molecule has 2 atom stereocenters. The van der Waals surface area contributed by atoms with Crippen LogP contribution in [-0.4, -0.2) is 30.8 Å². The van der Waals surface area contributed by atoms with Crippen molar-refractivity contribution in [3.63, 3.8) is 0 Å². The maximum atomic E-state index is 14.2. The molecule has 7 aromatic rings. The monoisotopic (exact) mass is 946 g/mol. The van der Waals surface area contributed by atoms with Crippen molar-refractivity contribution >= 4 is 45.5 Å². The van der Waals surface area contributed by atoms with Crippen LogP contribution in [0.5, 0.6) is 11.5 Å². The van der Waals surface area contributed by atoms with Gasteiger partial charge in [0.15, 0.2) is 13.2 Å². The van der Waals surface area contributed by atoms with Crippen LogP contribution in [0.3, 0.4) is 0 Å². The minimum atomic E-state index is -0.993. The minimum Gasteiger partial charge on any atom is -0.481 e. The van der Waals surface area contributed by atoms with E-state index in [0.717, 1.165) is 39.8 Å². The van der Waals surface area contributed by atoms with Crippen molar-refractivity contribution < 1.29 is 28.5 Å². The third-order valence-electron chi connectivity index (χ3n) is 12.3. The summed E-state index contributed by atoms with van der Waals surface area (Å²) < 4.78 is 24.6. The van der Waals surface area contributed by atoms with Crippen molar-refractivity contribution in [3.05, 3.63) is 190 Å². The van der Waals surface area contributed by atoms with E-state index in [1.807, 2.05) is 83.6 Å². The number of thiol groups is 2. The highest BCUT2D eigenvalue weighted by molar-refractivity contribution is 8.18. The van der Waals surface area contributed by atoms with E-state index in [1.165, 1.54) is 50.3 Å². The predicted octanol–water partition coefficient (Wildman–Crippen LogP) is 14.0. The SMILES string of the molecule is Cc1cc([SH]2c3ccccc3Cc3c(CC(C)(OC(=O)COc4c(C)cc([SH]5c6ccccc6Sc6ccccc65)cc4C)c4ccccc4)cccc32)cc(C)c1OCC(=O)OC(C)(C)C. The summed E-state index contributed by atoms with van der Waals surface area (Å²) in [4.78, 5) is 37.1. The lowest BCUT2D eigenvalue weighted by Gasteiger charge is -2.36. The Kier molecular flexibility index (Phi) is 13.1. The van der Waals surface area contributed by atoms with Crippen LogP contribution in [0.2, 0.25) is 0 Å². The van der Waals surface area contributed by atoms with Crippen LogP contribution >= 0.6 is 33.6 Å². The molecule has 0 aliphatic carbocycles. The number of ether oxygens (including phenoxy) is 4. The van der Waals surface area contributed by atoms with Crippen molar-refractivity contribution in [1.82, 2.24) is 0 Å². The van der Waals surface area contributed by atoms with Crippen LogP contribution in [-0.2, 0) is 37.5 Å². The molecule has 2 heterocycles. The fourth-order valence-corrected chi connectivity index (χ4v) is 16.6. The van der Waals surface area contributed by atoms with Gasteiger partial charge in [-0.05, 0) is 187 Å². The highest BCUT2D eigenvalue weighted by Gasteiger charge is 2.35. The van der Waals surface area contributed by atoms with Crippen molar-refractivity contribution in [3.8, 4) is 11.5 Å². The maximum absolute atomic E-state index is 14.2. The summed E-state index contributed by atoms with van der Waals surface area (Å²) in [7, 11) is -1.72. The Morgan fingerprint density at radius 1 is 0.537 bits per heavy atom. The van der Waals surface area contributed by atoms with Gasteiger partial charge in [0.25, 0.3) is 0 Å². The summed E-state index contributed by atoms with van der Waals surface area (Å²) >= 11 is 1.84. The molecule has 0 N–H and O–H groups in total. The largest absolute Gasteiger partial charge is 0.481 e. The van der Waals surface area contributed by atoms with Crippen molar-refractivity contribution in [2.24, 2.45) is 0 Å². The van der Waals surface area contributed by atoms with E-state index in [0.29, 0.717) is 17.9 Å². The average molecular weight is 947 g/mol. The van der Waals surface area contributed by atoms with Gasteiger partial charge >= 0.3 is 11.9 Å². The van der Waals surface area contributed by atoms with Crippen LogP contribution in [0.25, 0.3) is 0 Å². The molecule has 0 bridgehead atoms. The summed E-state index contributed by atoms with van der Waals surface area (Å²) in [6.45, 7) is 15.4. The molecular formula is C58H58O6S3. The zero-order chi connectivity index (χ0) is 47.0. The molecule has 67 heavy (non-hydrogen) atoms. The summed E-state index contributed by atoms with van der Waals surface area (Å²) in [6.07, 6.45) is 1.24. The van der Waals surface area contributed by atoms with E-state index in [1.54, 1.807) is 0 Å². The molecule has 2 unspecified atom stereocenters. The van der Waals surface area contributed by atoms with Crippen molar-refractivity contribution in [2.75, 3.05) is 13.2 Å². The molecule has 7 aromatic carbocycles. The van der Waals surface area contributed by atoms with Gasteiger partial charge in [-0.1, -0.05) is 96.7 Å². The number of rotatable bonds is 12. The lowest BCUT2D eigenvalue weighted by atomic mass is 9.85. The maximum Gasteiger partial charge on any atom is 0.345 e. The van der Waals surface area contributed by atoms with Crippen LogP contribution in [0.15, 0.2) is 185 Å². The normalized spacial score (nSPS) is 15.8. The van der Waals surface area contributed by atoms with E-state index in [4.69, 9.17) is 18.9 Å². The first kappa shape index (κ1) is 46.2. The molecule has 2 aliphatic rings. The summed E-state index contributed by atoms with van der Waals surface area (Å²) in [5, 5.41) is 0. The molecular weight excluding hydrogens is 889 g/mol. The number of fused-ring (bicyclic) bond motifs is 4. The van der Waals surface area contributed by atoms with Gasteiger partial charge in [0.2, 0.25) is 0 Å². The third kappa shape index (κ3) is 9.78. The molecule has 0 fully saturated rings. The quantitative estimate of drug-likeness (QED) is 0.0934. The first-order valence-electron chi connectivity index (χ1n) is 22.8. The average Bonchev–Trinajstić information content (AvgIpc) is 3.29. The van der Waals surface area contributed by atoms with Gasteiger partial charge < -0.3 is 18.9 Å². The lowest BCUT2D eigenvalue weighted by molar-refractivity contribution is -0.162. The lowest BCUT2D eigenvalue weighted by Crippen LogP contribution is -2.34.